The Hall–Kier alpha value is -1.59. The second-order valence-corrected chi connectivity index (χ2v) is 4.43. The van der Waals surface area contributed by atoms with Crippen LogP contribution < -0.4 is 5.32 Å². The maximum absolute atomic E-state index is 11.1. The van der Waals surface area contributed by atoms with Gasteiger partial charge >= 0.3 is 5.97 Å². The van der Waals surface area contributed by atoms with Crippen LogP contribution >= 0.6 is 11.6 Å². The minimum Gasteiger partial charge on any atom is -0.476 e. The normalized spacial score (nSPS) is 11.0. The van der Waals surface area contributed by atoms with Crippen LogP contribution in [0.15, 0.2) is 18.3 Å². The van der Waals surface area contributed by atoms with Gasteiger partial charge in [-0.25, -0.2) is 9.78 Å². The van der Waals surface area contributed by atoms with Gasteiger partial charge in [0.15, 0.2) is 5.69 Å². The van der Waals surface area contributed by atoms with Gasteiger partial charge in [0.25, 0.3) is 0 Å². The van der Waals surface area contributed by atoms with Crippen molar-refractivity contribution < 1.29 is 9.90 Å². The molecular weight excluding hydrogens is 254 g/mol. The molecular formula is C12H14ClN3O2. The van der Waals surface area contributed by atoms with Gasteiger partial charge < -0.3 is 14.8 Å². The van der Waals surface area contributed by atoms with Crippen molar-refractivity contribution in [3.8, 4) is 0 Å². The highest BCUT2D eigenvalue weighted by Gasteiger charge is 2.16. The number of halogens is 1. The molecule has 0 radical (unpaired) electrons. The summed E-state index contributed by atoms with van der Waals surface area (Å²) < 4.78 is 1.75. The molecule has 0 unspecified atom stereocenters. The molecule has 96 valence electrons. The van der Waals surface area contributed by atoms with E-state index in [9.17, 15) is 4.79 Å². The lowest BCUT2D eigenvalue weighted by molar-refractivity contribution is 0.0693. The number of carboxylic acid groups (broad SMARTS) is 1. The summed E-state index contributed by atoms with van der Waals surface area (Å²) in [6, 6.07) is 3.35. The van der Waals surface area contributed by atoms with Gasteiger partial charge in [0.2, 0.25) is 0 Å². The lowest BCUT2D eigenvalue weighted by Gasteiger charge is -2.01. The van der Waals surface area contributed by atoms with Crippen LogP contribution in [0.3, 0.4) is 0 Å². The number of hydrogen-bond acceptors (Lipinski definition) is 3. The van der Waals surface area contributed by atoms with E-state index in [1.165, 1.54) is 0 Å². The molecule has 2 rings (SSSR count). The van der Waals surface area contributed by atoms with Crippen molar-refractivity contribution in [2.24, 2.45) is 0 Å². The van der Waals surface area contributed by atoms with Crippen molar-refractivity contribution >= 4 is 23.1 Å². The number of carbonyl (C=O) groups is 1. The molecule has 2 heterocycles. The molecule has 5 nitrogen and oxygen atoms in total. The molecule has 2 N–H and O–H groups in total. The highest BCUT2D eigenvalue weighted by Crippen LogP contribution is 2.18. The Labute approximate surface area is 109 Å². The van der Waals surface area contributed by atoms with Gasteiger partial charge in [-0.05, 0) is 32.1 Å². The topological polar surface area (TPSA) is 66.6 Å². The summed E-state index contributed by atoms with van der Waals surface area (Å²) >= 11 is 5.93. The lowest BCUT2D eigenvalue weighted by atomic mass is 10.3. The summed E-state index contributed by atoms with van der Waals surface area (Å²) in [7, 11) is 1.88. The van der Waals surface area contributed by atoms with E-state index >= 15 is 0 Å². The molecule has 0 aliphatic rings. The third kappa shape index (κ3) is 2.47. The number of carboxylic acids is 1. The van der Waals surface area contributed by atoms with E-state index in [1.807, 2.05) is 7.05 Å². The molecule has 0 fully saturated rings. The van der Waals surface area contributed by atoms with E-state index in [4.69, 9.17) is 16.7 Å². The minimum atomic E-state index is -1.02. The second kappa shape index (κ2) is 5.37. The molecule has 0 bridgehead atoms. The second-order valence-electron chi connectivity index (χ2n) is 3.99. The first kappa shape index (κ1) is 12.9. The highest BCUT2D eigenvalue weighted by atomic mass is 35.5. The van der Waals surface area contributed by atoms with Gasteiger partial charge in [-0.3, -0.25) is 0 Å². The van der Waals surface area contributed by atoms with Crippen LogP contribution in [0, 0.1) is 0 Å². The van der Waals surface area contributed by atoms with E-state index in [1.54, 1.807) is 22.7 Å². The largest absolute Gasteiger partial charge is 0.476 e. The molecule has 18 heavy (non-hydrogen) atoms. The Balaban J connectivity index is 2.44. The number of hydrogen-bond donors (Lipinski definition) is 2. The van der Waals surface area contributed by atoms with E-state index in [0.717, 1.165) is 18.8 Å². The molecule has 0 saturated carbocycles. The van der Waals surface area contributed by atoms with Gasteiger partial charge in [-0.15, -0.1) is 0 Å². The van der Waals surface area contributed by atoms with Crippen LogP contribution in [-0.2, 0) is 6.42 Å². The summed E-state index contributed by atoms with van der Waals surface area (Å²) in [6.45, 7) is 0.859. The third-order valence-electron chi connectivity index (χ3n) is 2.70. The highest BCUT2D eigenvalue weighted by molar-refractivity contribution is 6.30. The average Bonchev–Trinajstić information content (AvgIpc) is 2.68. The number of fused-ring (bicyclic) bond motifs is 1. The number of nitrogens with zero attached hydrogens (tertiary/aromatic N) is 2. The summed E-state index contributed by atoms with van der Waals surface area (Å²) in [5, 5.41) is 12.7. The molecule has 0 aromatic carbocycles. The molecule has 0 aliphatic heterocycles. The Morgan fingerprint density at radius 1 is 1.56 bits per heavy atom. The Kier molecular flexibility index (Phi) is 3.84. The maximum atomic E-state index is 11.1. The first-order valence-electron chi connectivity index (χ1n) is 5.68. The van der Waals surface area contributed by atoms with Crippen LogP contribution in [0.4, 0.5) is 0 Å². The molecule has 0 aliphatic carbocycles. The number of aromatic carboxylic acids is 1. The maximum Gasteiger partial charge on any atom is 0.356 e. The molecule has 0 amide bonds. The first-order valence-corrected chi connectivity index (χ1v) is 6.05. The number of aromatic nitrogens is 2. The van der Waals surface area contributed by atoms with Crippen LogP contribution in [0.5, 0.6) is 0 Å². The fraction of sp³-hybridized carbons (Fsp3) is 0.333. The van der Waals surface area contributed by atoms with Crippen molar-refractivity contribution in [2.45, 2.75) is 12.8 Å². The monoisotopic (exact) mass is 267 g/mol. The molecule has 6 heteroatoms. The van der Waals surface area contributed by atoms with Gasteiger partial charge in [0.1, 0.15) is 5.82 Å². The fourth-order valence-corrected chi connectivity index (χ4v) is 2.04. The van der Waals surface area contributed by atoms with Gasteiger partial charge in [-0.2, -0.15) is 0 Å². The quantitative estimate of drug-likeness (QED) is 0.811. The summed E-state index contributed by atoms with van der Waals surface area (Å²) in [6.07, 6.45) is 3.29. The van der Waals surface area contributed by atoms with E-state index in [0.29, 0.717) is 17.0 Å². The zero-order chi connectivity index (χ0) is 13.1. The number of imidazole rings is 1. The third-order valence-corrected chi connectivity index (χ3v) is 2.93. The number of pyridine rings is 1. The fourth-order valence-electron chi connectivity index (χ4n) is 1.88. The van der Waals surface area contributed by atoms with Crippen LogP contribution in [-0.4, -0.2) is 34.1 Å². The van der Waals surface area contributed by atoms with Crippen LogP contribution in [0.2, 0.25) is 5.02 Å². The van der Waals surface area contributed by atoms with Crippen molar-refractivity contribution in [2.75, 3.05) is 13.6 Å². The smallest absolute Gasteiger partial charge is 0.356 e. The summed E-state index contributed by atoms with van der Waals surface area (Å²) in [4.78, 5) is 15.3. The predicted molar refractivity (Wildman–Crippen MR) is 69.4 cm³/mol. The van der Waals surface area contributed by atoms with Gasteiger partial charge in [-0.1, -0.05) is 11.6 Å². The lowest BCUT2D eigenvalue weighted by Crippen LogP contribution is -2.09. The first-order chi connectivity index (χ1) is 8.63. The standard InChI is InChI=1S/C12H14ClN3O2/c1-14-6-2-3-10-15-11(12(17)18)9-5-4-8(13)7-16(9)10/h4-5,7,14H,2-3,6H2,1H3,(H,17,18). The van der Waals surface area contributed by atoms with E-state index in [2.05, 4.69) is 10.3 Å². The molecule has 0 atom stereocenters. The Morgan fingerprint density at radius 2 is 2.33 bits per heavy atom. The predicted octanol–water partition coefficient (Wildman–Crippen LogP) is 1.84. The summed E-state index contributed by atoms with van der Waals surface area (Å²) in [5.41, 5.74) is 0.650. The van der Waals surface area contributed by atoms with Crippen LogP contribution in [0.25, 0.3) is 5.52 Å². The van der Waals surface area contributed by atoms with Crippen molar-refractivity contribution in [1.82, 2.24) is 14.7 Å². The minimum absolute atomic E-state index is 0.0751. The SMILES string of the molecule is CNCCCc1nc(C(=O)O)c2ccc(Cl)cn12. The van der Waals surface area contributed by atoms with Gasteiger partial charge in [0.05, 0.1) is 10.5 Å². The number of aryl methyl sites for hydroxylation is 1. The molecule has 2 aromatic heterocycles. The van der Waals surface area contributed by atoms with Gasteiger partial charge in [0, 0.05) is 12.6 Å². The van der Waals surface area contributed by atoms with E-state index in [-0.39, 0.29) is 5.69 Å². The average molecular weight is 268 g/mol. The molecule has 0 spiro atoms. The van der Waals surface area contributed by atoms with Crippen molar-refractivity contribution in [1.29, 1.82) is 0 Å². The molecule has 2 aromatic rings. The number of nitrogens with one attached hydrogen (secondary N) is 1. The summed E-state index contributed by atoms with van der Waals surface area (Å²) in [5.74, 6) is -0.296. The zero-order valence-electron chi connectivity index (χ0n) is 9.98. The van der Waals surface area contributed by atoms with E-state index < -0.39 is 5.97 Å². The number of rotatable bonds is 5. The van der Waals surface area contributed by atoms with Crippen molar-refractivity contribution in [3.05, 3.63) is 34.9 Å². The van der Waals surface area contributed by atoms with Crippen LogP contribution in [0.1, 0.15) is 22.7 Å². The Morgan fingerprint density at radius 3 is 3.00 bits per heavy atom. The zero-order valence-corrected chi connectivity index (χ0v) is 10.7. The van der Waals surface area contributed by atoms with Crippen molar-refractivity contribution in [3.63, 3.8) is 0 Å². The Bertz CT molecular complexity index is 580. The molecule has 0 saturated heterocycles.